The van der Waals surface area contributed by atoms with Gasteiger partial charge in [0.1, 0.15) is 23.9 Å². The molecule has 0 spiro atoms. The summed E-state index contributed by atoms with van der Waals surface area (Å²) in [5, 5.41) is 29.0. The fraction of sp³-hybridized carbons (Fsp3) is 0.353. The van der Waals surface area contributed by atoms with Crippen LogP contribution in [0.25, 0.3) is 22.6 Å². The number of aromatic nitrogens is 4. The molecule has 2 aromatic heterocycles. The first-order chi connectivity index (χ1) is 12.9. The summed E-state index contributed by atoms with van der Waals surface area (Å²) in [7, 11) is 1.50. The summed E-state index contributed by atoms with van der Waals surface area (Å²) in [4.78, 5) is 21.3. The number of fused-ring (bicyclic) bond motifs is 1. The molecule has 0 radical (unpaired) electrons. The highest BCUT2D eigenvalue weighted by atomic mass is 16.5. The van der Waals surface area contributed by atoms with E-state index in [9.17, 15) is 20.1 Å². The van der Waals surface area contributed by atoms with Gasteiger partial charge in [-0.2, -0.15) is 4.98 Å². The average molecular weight is 373 g/mol. The summed E-state index contributed by atoms with van der Waals surface area (Å²) in [6.07, 6.45) is -2.11. The Kier molecular flexibility index (Phi) is 4.10. The van der Waals surface area contributed by atoms with Crippen molar-refractivity contribution in [1.82, 2.24) is 19.1 Å². The topological polar surface area (TPSA) is 149 Å². The van der Waals surface area contributed by atoms with E-state index in [1.165, 1.54) is 23.7 Å². The van der Waals surface area contributed by atoms with Gasteiger partial charge in [-0.05, 0) is 24.3 Å². The number of nitrogen functional groups attached to an aromatic ring is 1. The summed E-state index contributed by atoms with van der Waals surface area (Å²) in [5.74, 6) is 0.492. The molecule has 0 saturated carbocycles. The lowest BCUT2D eigenvalue weighted by Crippen LogP contribution is -2.24. The van der Waals surface area contributed by atoms with Crippen molar-refractivity contribution < 1.29 is 20.1 Å². The first-order valence-corrected chi connectivity index (χ1v) is 8.39. The molecular formula is C17H19N5O5. The van der Waals surface area contributed by atoms with E-state index in [0.717, 1.165) is 0 Å². The van der Waals surface area contributed by atoms with Crippen molar-refractivity contribution in [2.75, 3.05) is 12.3 Å². The number of hydrogen-bond donors (Lipinski definition) is 4. The van der Waals surface area contributed by atoms with E-state index in [1.54, 1.807) is 16.7 Å². The highest BCUT2D eigenvalue weighted by Crippen LogP contribution is 2.35. The van der Waals surface area contributed by atoms with Crippen LogP contribution in [0.4, 0.5) is 5.95 Å². The molecule has 4 rings (SSSR count). The van der Waals surface area contributed by atoms with Gasteiger partial charge in [0.25, 0.3) is 5.56 Å². The summed E-state index contributed by atoms with van der Waals surface area (Å²) >= 11 is 0. The molecule has 27 heavy (non-hydrogen) atoms. The van der Waals surface area contributed by atoms with E-state index < -0.39 is 24.0 Å². The molecule has 1 saturated heterocycles. The van der Waals surface area contributed by atoms with E-state index in [-0.39, 0.29) is 35.9 Å². The second-order valence-electron chi connectivity index (χ2n) is 6.47. The van der Waals surface area contributed by atoms with E-state index >= 15 is 0 Å². The normalized spacial score (nSPS) is 22.6. The number of nitrogens with zero attached hydrogens (tertiary/aromatic N) is 4. The Morgan fingerprint density at radius 1 is 1.30 bits per heavy atom. The van der Waals surface area contributed by atoms with Gasteiger partial charge in [-0.3, -0.25) is 13.9 Å². The summed E-state index contributed by atoms with van der Waals surface area (Å²) < 4.78 is 8.55. The van der Waals surface area contributed by atoms with Gasteiger partial charge in [0, 0.05) is 19.0 Å². The van der Waals surface area contributed by atoms with Gasteiger partial charge in [0.2, 0.25) is 5.95 Å². The molecule has 1 aromatic carbocycles. The molecule has 1 fully saturated rings. The fourth-order valence-corrected chi connectivity index (χ4v) is 3.25. The summed E-state index contributed by atoms with van der Waals surface area (Å²) in [5.41, 5.74) is 6.41. The molecule has 5 N–H and O–H groups in total. The van der Waals surface area contributed by atoms with Gasteiger partial charge >= 0.3 is 0 Å². The molecule has 0 bridgehead atoms. The molecule has 3 atom stereocenters. The van der Waals surface area contributed by atoms with Crippen molar-refractivity contribution >= 4 is 17.1 Å². The number of phenols is 1. The van der Waals surface area contributed by atoms with Crippen LogP contribution in [0.15, 0.2) is 29.1 Å². The summed E-state index contributed by atoms with van der Waals surface area (Å²) in [6, 6.07) is 6.30. The standard InChI is InChI=1S/C17H19N5O5/c1-21-16(26)13-15(20-17(21)18)22(12-6-10(25)11(7-23)27-12)14(19-13)8-2-4-9(24)5-3-8/h2-5,10-12,23-25H,6-7H2,1H3,(H2,18,20)/t10-,11+,12+/m0/s1. The monoisotopic (exact) mass is 373 g/mol. The Morgan fingerprint density at radius 3 is 2.63 bits per heavy atom. The zero-order valence-corrected chi connectivity index (χ0v) is 14.5. The number of anilines is 1. The van der Waals surface area contributed by atoms with E-state index in [4.69, 9.17) is 10.5 Å². The number of aromatic hydroxyl groups is 1. The molecule has 10 nitrogen and oxygen atoms in total. The number of benzene rings is 1. The number of imidazole rings is 1. The first-order valence-electron chi connectivity index (χ1n) is 8.39. The minimum Gasteiger partial charge on any atom is -0.508 e. The Labute approximate surface area is 153 Å². The average Bonchev–Trinajstić information content (AvgIpc) is 3.20. The number of ether oxygens (including phenoxy) is 1. The third kappa shape index (κ3) is 2.74. The molecular weight excluding hydrogens is 354 g/mol. The number of nitrogens with two attached hydrogens (primary N) is 1. The Morgan fingerprint density at radius 2 is 2.00 bits per heavy atom. The predicted octanol–water partition coefficient (Wildman–Crippen LogP) is -0.274. The number of rotatable bonds is 3. The number of aliphatic hydroxyl groups excluding tert-OH is 2. The van der Waals surface area contributed by atoms with Crippen LogP contribution in [0.5, 0.6) is 5.75 Å². The van der Waals surface area contributed by atoms with Gasteiger partial charge in [-0.25, -0.2) is 4.98 Å². The van der Waals surface area contributed by atoms with Gasteiger partial charge < -0.3 is 25.8 Å². The zero-order chi connectivity index (χ0) is 19.3. The quantitative estimate of drug-likeness (QED) is 0.490. The van der Waals surface area contributed by atoms with Crippen LogP contribution in [-0.4, -0.2) is 53.2 Å². The smallest absolute Gasteiger partial charge is 0.282 e. The minimum atomic E-state index is -0.867. The lowest BCUT2D eigenvalue weighted by atomic mass is 10.1. The largest absolute Gasteiger partial charge is 0.508 e. The van der Waals surface area contributed by atoms with Crippen molar-refractivity contribution in [1.29, 1.82) is 0 Å². The predicted molar refractivity (Wildman–Crippen MR) is 95.9 cm³/mol. The zero-order valence-electron chi connectivity index (χ0n) is 14.5. The van der Waals surface area contributed by atoms with Gasteiger partial charge in [0.05, 0.1) is 12.7 Å². The van der Waals surface area contributed by atoms with E-state index in [0.29, 0.717) is 11.4 Å². The third-order valence-electron chi connectivity index (χ3n) is 4.75. The molecule has 142 valence electrons. The van der Waals surface area contributed by atoms with Crippen molar-refractivity contribution in [3.05, 3.63) is 34.6 Å². The number of phenolic OH excluding ortho intramolecular Hbond substituents is 1. The van der Waals surface area contributed by atoms with E-state index in [2.05, 4.69) is 9.97 Å². The first kappa shape index (κ1) is 17.5. The van der Waals surface area contributed by atoms with Crippen molar-refractivity contribution in [2.45, 2.75) is 24.9 Å². The van der Waals surface area contributed by atoms with Crippen molar-refractivity contribution in [3.8, 4) is 17.1 Å². The third-order valence-corrected chi connectivity index (χ3v) is 4.75. The summed E-state index contributed by atoms with van der Waals surface area (Å²) in [6.45, 7) is -0.337. The molecule has 3 aromatic rings. The molecule has 0 unspecified atom stereocenters. The lowest BCUT2D eigenvalue weighted by Gasteiger charge is -2.17. The van der Waals surface area contributed by atoms with Gasteiger partial charge in [-0.15, -0.1) is 0 Å². The molecule has 0 aliphatic carbocycles. The Balaban J connectivity index is 1.98. The van der Waals surface area contributed by atoms with Crippen LogP contribution in [0.3, 0.4) is 0 Å². The number of hydrogen-bond acceptors (Lipinski definition) is 8. The van der Waals surface area contributed by atoms with Crippen LogP contribution in [-0.2, 0) is 11.8 Å². The maximum absolute atomic E-state index is 12.6. The maximum atomic E-state index is 12.6. The maximum Gasteiger partial charge on any atom is 0.282 e. The van der Waals surface area contributed by atoms with Crippen LogP contribution >= 0.6 is 0 Å². The van der Waals surface area contributed by atoms with Gasteiger partial charge in [0.15, 0.2) is 11.2 Å². The van der Waals surface area contributed by atoms with Crippen molar-refractivity contribution in [2.24, 2.45) is 7.05 Å². The highest BCUT2D eigenvalue weighted by molar-refractivity contribution is 5.77. The number of aliphatic hydroxyl groups is 2. The SMILES string of the molecule is Cn1c(N)nc2c(nc(-c3ccc(O)cc3)n2[C@H]2C[C@H](O)[C@@H](CO)O2)c1=O. The Hall–Kier alpha value is -2.95. The minimum absolute atomic E-state index is 0.0168. The van der Waals surface area contributed by atoms with Crippen LogP contribution in [0.1, 0.15) is 12.6 Å². The highest BCUT2D eigenvalue weighted by Gasteiger charge is 2.37. The molecule has 1 aliphatic heterocycles. The molecule has 3 heterocycles. The van der Waals surface area contributed by atoms with Gasteiger partial charge in [-0.1, -0.05) is 0 Å². The van der Waals surface area contributed by atoms with Crippen LogP contribution < -0.4 is 11.3 Å². The second kappa shape index (κ2) is 6.34. The van der Waals surface area contributed by atoms with E-state index in [1.807, 2.05) is 0 Å². The molecule has 10 heteroatoms. The second-order valence-corrected chi connectivity index (χ2v) is 6.47. The van der Waals surface area contributed by atoms with Crippen LogP contribution in [0.2, 0.25) is 0 Å². The van der Waals surface area contributed by atoms with Crippen LogP contribution in [0, 0.1) is 0 Å². The molecule has 0 amide bonds. The van der Waals surface area contributed by atoms with Crippen molar-refractivity contribution in [3.63, 3.8) is 0 Å². The molecule has 1 aliphatic rings. The fourth-order valence-electron chi connectivity index (χ4n) is 3.25. The Bertz CT molecular complexity index is 1060. The lowest BCUT2D eigenvalue weighted by molar-refractivity contribution is -0.0426.